The molecule has 0 aromatic heterocycles. The molecular weight excluding hydrogens is 236 g/mol. The molecule has 4 N–H and O–H groups in total. The molecule has 7 heteroatoms. The average molecular weight is 249 g/mol. The summed E-state index contributed by atoms with van der Waals surface area (Å²) in [6.45, 7) is -0.159. The van der Waals surface area contributed by atoms with Crippen molar-refractivity contribution < 1.29 is 15.1 Å². The lowest BCUT2D eigenvalue weighted by Crippen LogP contribution is -2.13. The fourth-order valence-electron chi connectivity index (χ4n) is 1.30. The first-order valence-corrected chi connectivity index (χ1v) is 4.40. The van der Waals surface area contributed by atoms with Crippen LogP contribution >= 0.6 is 12.4 Å². The first-order valence-electron chi connectivity index (χ1n) is 4.40. The summed E-state index contributed by atoms with van der Waals surface area (Å²) in [6.07, 6.45) is 0.213. The summed E-state index contributed by atoms with van der Waals surface area (Å²) in [5.41, 5.74) is 5.72. The molecule has 0 unspecified atom stereocenters. The molecule has 0 radical (unpaired) electrons. The van der Waals surface area contributed by atoms with Crippen LogP contribution in [0.3, 0.4) is 0 Å². The van der Waals surface area contributed by atoms with Gasteiger partial charge in [-0.05, 0) is 18.6 Å². The molecule has 1 aromatic rings. The molecule has 0 fully saturated rings. The van der Waals surface area contributed by atoms with Gasteiger partial charge in [-0.25, -0.2) is 0 Å². The van der Waals surface area contributed by atoms with E-state index in [4.69, 9.17) is 10.8 Å². The lowest BCUT2D eigenvalue weighted by atomic mass is 10.0. The van der Waals surface area contributed by atoms with Gasteiger partial charge in [0.25, 0.3) is 5.69 Å². The number of benzene rings is 1. The molecule has 0 aliphatic rings. The number of hydrogen-bond acceptors (Lipinski definition) is 5. The van der Waals surface area contributed by atoms with Crippen LogP contribution in [0.15, 0.2) is 18.2 Å². The van der Waals surface area contributed by atoms with Crippen molar-refractivity contribution in [1.82, 2.24) is 0 Å². The van der Waals surface area contributed by atoms with Gasteiger partial charge in [0.2, 0.25) is 0 Å². The molecule has 0 amide bonds. The minimum Gasteiger partial charge on any atom is -0.508 e. The first kappa shape index (κ1) is 14.6. The number of nitro benzene ring substituents is 1. The molecule has 0 saturated carbocycles. The second-order valence-corrected chi connectivity index (χ2v) is 3.12. The molecular formula is C9H13ClN2O4. The van der Waals surface area contributed by atoms with Crippen molar-refractivity contribution in [1.29, 1.82) is 0 Å². The highest BCUT2D eigenvalue weighted by molar-refractivity contribution is 5.85. The summed E-state index contributed by atoms with van der Waals surface area (Å²) in [7, 11) is 0. The monoisotopic (exact) mass is 248 g/mol. The summed E-state index contributed by atoms with van der Waals surface area (Å²) in [4.78, 5) is 10.1. The predicted molar refractivity (Wildman–Crippen MR) is 60.6 cm³/mol. The van der Waals surface area contributed by atoms with Crippen LogP contribution in [-0.2, 0) is 0 Å². The fraction of sp³-hybridized carbons (Fsp3) is 0.333. The van der Waals surface area contributed by atoms with Gasteiger partial charge in [-0.1, -0.05) is 0 Å². The lowest BCUT2D eigenvalue weighted by molar-refractivity contribution is -0.385. The highest BCUT2D eigenvalue weighted by Gasteiger charge is 2.19. The van der Waals surface area contributed by atoms with E-state index >= 15 is 0 Å². The molecule has 90 valence electrons. The average Bonchev–Trinajstić information content (AvgIpc) is 2.17. The van der Waals surface area contributed by atoms with E-state index < -0.39 is 11.0 Å². The van der Waals surface area contributed by atoms with Crippen LogP contribution in [0.2, 0.25) is 0 Å². The van der Waals surface area contributed by atoms with Gasteiger partial charge in [-0.2, -0.15) is 0 Å². The minimum atomic E-state index is -0.650. The molecule has 0 bridgehead atoms. The summed E-state index contributed by atoms with van der Waals surface area (Å²) >= 11 is 0. The predicted octanol–water partition coefficient (Wildman–Crippen LogP) is 1.10. The lowest BCUT2D eigenvalue weighted by Gasteiger charge is -2.10. The number of rotatable bonds is 4. The molecule has 0 aliphatic carbocycles. The van der Waals surface area contributed by atoms with Crippen molar-refractivity contribution in [3.63, 3.8) is 0 Å². The van der Waals surface area contributed by atoms with Crippen molar-refractivity contribution >= 4 is 18.1 Å². The summed E-state index contributed by atoms with van der Waals surface area (Å²) in [5.74, 6) is -0.0796. The topological polar surface area (TPSA) is 110 Å². The maximum atomic E-state index is 10.6. The third kappa shape index (κ3) is 3.34. The summed E-state index contributed by atoms with van der Waals surface area (Å²) in [5, 5.41) is 28.5. The molecule has 1 atom stereocenters. The van der Waals surface area contributed by atoms with Crippen molar-refractivity contribution in [3.8, 4) is 5.75 Å². The zero-order valence-corrected chi connectivity index (χ0v) is 9.18. The van der Waals surface area contributed by atoms with Gasteiger partial charge in [0, 0.05) is 18.7 Å². The molecule has 1 rings (SSSR count). The van der Waals surface area contributed by atoms with Crippen LogP contribution in [0.5, 0.6) is 5.75 Å². The number of aliphatic hydroxyl groups excluding tert-OH is 1. The van der Waals surface area contributed by atoms with Crippen LogP contribution in [-0.4, -0.2) is 21.7 Å². The fourth-order valence-corrected chi connectivity index (χ4v) is 1.30. The van der Waals surface area contributed by atoms with E-state index in [1.54, 1.807) is 0 Å². The highest BCUT2D eigenvalue weighted by atomic mass is 35.5. The van der Waals surface area contributed by atoms with Crippen LogP contribution in [0.25, 0.3) is 0 Å². The molecule has 0 heterocycles. The Bertz CT molecular complexity index is 373. The van der Waals surface area contributed by atoms with Crippen molar-refractivity contribution in [2.75, 3.05) is 6.61 Å². The largest absolute Gasteiger partial charge is 0.508 e. The third-order valence-electron chi connectivity index (χ3n) is 2.05. The standard InChI is InChI=1S/C9H12N2O4.ClH/c10-8(3-4-12)7-5-6(13)1-2-9(7)11(14)15;/h1-2,5,8,12-13H,3-4,10H2;1H/t8-;/m1./s1. The van der Waals surface area contributed by atoms with Crippen LogP contribution < -0.4 is 5.73 Å². The Morgan fingerprint density at radius 2 is 2.12 bits per heavy atom. The first-order chi connectivity index (χ1) is 7.06. The van der Waals surface area contributed by atoms with Gasteiger partial charge in [-0.3, -0.25) is 10.1 Å². The van der Waals surface area contributed by atoms with Gasteiger partial charge in [-0.15, -0.1) is 12.4 Å². The van der Waals surface area contributed by atoms with Crippen LogP contribution in [0.1, 0.15) is 18.0 Å². The SMILES string of the molecule is Cl.N[C@H](CCO)c1cc(O)ccc1[N+](=O)[O-]. The zero-order valence-electron chi connectivity index (χ0n) is 8.37. The molecule has 6 nitrogen and oxygen atoms in total. The number of nitrogens with zero attached hydrogens (tertiary/aromatic N) is 1. The van der Waals surface area contributed by atoms with E-state index in [1.807, 2.05) is 0 Å². The highest BCUT2D eigenvalue weighted by Crippen LogP contribution is 2.28. The Morgan fingerprint density at radius 1 is 1.50 bits per heavy atom. The van der Waals surface area contributed by atoms with E-state index in [1.165, 1.54) is 18.2 Å². The van der Waals surface area contributed by atoms with Gasteiger partial charge in [0.05, 0.1) is 10.5 Å². The number of nitro groups is 1. The molecule has 0 spiro atoms. The number of aromatic hydroxyl groups is 1. The maximum absolute atomic E-state index is 10.6. The second-order valence-electron chi connectivity index (χ2n) is 3.12. The Balaban J connectivity index is 0.00000225. The second kappa shape index (κ2) is 6.26. The Hall–Kier alpha value is -1.37. The number of hydrogen-bond donors (Lipinski definition) is 3. The van der Waals surface area contributed by atoms with Crippen molar-refractivity contribution in [2.24, 2.45) is 5.73 Å². The van der Waals surface area contributed by atoms with E-state index in [2.05, 4.69) is 0 Å². The Morgan fingerprint density at radius 3 is 2.62 bits per heavy atom. The van der Waals surface area contributed by atoms with E-state index in [9.17, 15) is 15.2 Å². The van der Waals surface area contributed by atoms with Crippen molar-refractivity contribution in [2.45, 2.75) is 12.5 Å². The number of halogens is 1. The number of aliphatic hydroxyl groups is 1. The summed E-state index contributed by atoms with van der Waals surface area (Å²) < 4.78 is 0. The van der Waals surface area contributed by atoms with Gasteiger partial charge in [0.15, 0.2) is 0 Å². The smallest absolute Gasteiger partial charge is 0.274 e. The number of phenolic OH excluding ortho intramolecular Hbond substituents is 1. The number of nitrogens with two attached hydrogens (primary N) is 1. The van der Waals surface area contributed by atoms with Crippen molar-refractivity contribution in [3.05, 3.63) is 33.9 Å². The van der Waals surface area contributed by atoms with Crippen LogP contribution in [0.4, 0.5) is 5.69 Å². The molecule has 1 aromatic carbocycles. The van der Waals surface area contributed by atoms with E-state index in [-0.39, 0.29) is 42.4 Å². The maximum Gasteiger partial charge on any atom is 0.274 e. The van der Waals surface area contributed by atoms with E-state index in [0.29, 0.717) is 0 Å². The van der Waals surface area contributed by atoms with Gasteiger partial charge in [0.1, 0.15) is 5.75 Å². The third-order valence-corrected chi connectivity index (χ3v) is 2.05. The van der Waals surface area contributed by atoms with Gasteiger partial charge >= 0.3 is 0 Å². The Labute approximate surface area is 98.3 Å². The normalized spacial score (nSPS) is 11.6. The molecule has 0 saturated heterocycles. The van der Waals surface area contributed by atoms with E-state index in [0.717, 1.165) is 0 Å². The number of phenols is 1. The minimum absolute atomic E-state index is 0. The molecule has 16 heavy (non-hydrogen) atoms. The zero-order chi connectivity index (χ0) is 11.4. The molecule has 0 aliphatic heterocycles. The summed E-state index contributed by atoms with van der Waals surface area (Å²) in [6, 6.07) is 3.02. The Kier molecular flexibility index (Phi) is 5.73. The quantitative estimate of drug-likeness (QED) is 0.546. The van der Waals surface area contributed by atoms with Gasteiger partial charge < -0.3 is 15.9 Å². The van der Waals surface area contributed by atoms with Crippen LogP contribution in [0, 0.1) is 10.1 Å².